The Hall–Kier alpha value is -1.41. The van der Waals surface area contributed by atoms with Gasteiger partial charge in [0.15, 0.2) is 0 Å². The molecule has 2 heteroatoms. The number of hydrogen-bond donors (Lipinski definition) is 1. The van der Waals surface area contributed by atoms with Crippen LogP contribution in [0.4, 0.5) is 0 Å². The summed E-state index contributed by atoms with van der Waals surface area (Å²) in [7, 11) is 0. The molecule has 0 amide bonds. The highest BCUT2D eigenvalue weighted by Gasteiger charge is 2.25. The largest absolute Gasteiger partial charge is 0.314 e. The van der Waals surface area contributed by atoms with Crippen molar-refractivity contribution in [2.45, 2.75) is 45.1 Å². The Morgan fingerprint density at radius 1 is 1.20 bits per heavy atom. The molecule has 0 aliphatic heterocycles. The van der Waals surface area contributed by atoms with E-state index in [1.165, 1.54) is 36.8 Å². The van der Waals surface area contributed by atoms with Gasteiger partial charge in [-0.2, -0.15) is 0 Å². The summed E-state index contributed by atoms with van der Waals surface area (Å²) >= 11 is 0. The normalized spacial score (nSPS) is 16.4. The molecule has 1 atom stereocenters. The van der Waals surface area contributed by atoms with E-state index in [0.717, 1.165) is 24.4 Å². The summed E-state index contributed by atoms with van der Waals surface area (Å²) in [6.07, 6.45) is 6.42. The maximum Gasteiger partial charge on any atom is 0.0705 e. The summed E-state index contributed by atoms with van der Waals surface area (Å²) in [6, 6.07) is 13.4. The summed E-state index contributed by atoms with van der Waals surface area (Å²) < 4.78 is 0. The minimum Gasteiger partial charge on any atom is -0.314 e. The van der Waals surface area contributed by atoms with Crippen LogP contribution in [-0.2, 0) is 6.42 Å². The number of nitrogens with one attached hydrogen (secondary N) is 1. The molecule has 0 spiro atoms. The van der Waals surface area contributed by atoms with E-state index in [1.54, 1.807) is 0 Å². The van der Waals surface area contributed by atoms with Crippen molar-refractivity contribution in [1.82, 2.24) is 10.3 Å². The van der Waals surface area contributed by atoms with Crippen molar-refractivity contribution in [2.24, 2.45) is 5.92 Å². The number of para-hydroxylation sites is 1. The maximum absolute atomic E-state index is 4.81. The predicted octanol–water partition coefficient (Wildman–Crippen LogP) is 3.95. The van der Waals surface area contributed by atoms with Crippen LogP contribution in [0, 0.1) is 5.92 Å². The van der Waals surface area contributed by atoms with Gasteiger partial charge < -0.3 is 5.32 Å². The molecule has 0 saturated heterocycles. The lowest BCUT2D eigenvalue weighted by atomic mass is 10.0. The lowest BCUT2D eigenvalue weighted by Crippen LogP contribution is -2.32. The van der Waals surface area contributed by atoms with Crippen molar-refractivity contribution in [3.05, 3.63) is 42.1 Å². The average molecular weight is 268 g/mol. The van der Waals surface area contributed by atoms with E-state index >= 15 is 0 Å². The van der Waals surface area contributed by atoms with Crippen LogP contribution in [0.2, 0.25) is 0 Å². The first-order valence-corrected chi connectivity index (χ1v) is 7.93. The van der Waals surface area contributed by atoms with Crippen LogP contribution in [-0.4, -0.2) is 17.6 Å². The fraction of sp³-hybridized carbons (Fsp3) is 0.500. The van der Waals surface area contributed by atoms with Crippen LogP contribution < -0.4 is 5.32 Å². The number of aromatic nitrogens is 1. The molecule has 0 bridgehead atoms. The van der Waals surface area contributed by atoms with Gasteiger partial charge in [0, 0.05) is 23.5 Å². The topological polar surface area (TPSA) is 24.9 Å². The smallest absolute Gasteiger partial charge is 0.0705 e. The summed E-state index contributed by atoms with van der Waals surface area (Å²) in [6.45, 7) is 3.35. The third-order valence-corrected chi connectivity index (χ3v) is 4.11. The molecule has 1 aliphatic rings. The van der Waals surface area contributed by atoms with Gasteiger partial charge in [-0.15, -0.1) is 0 Å². The average Bonchev–Trinajstić information content (AvgIpc) is 3.28. The van der Waals surface area contributed by atoms with Crippen molar-refractivity contribution >= 4 is 10.9 Å². The molecule has 106 valence electrons. The molecule has 1 N–H and O–H groups in total. The third kappa shape index (κ3) is 3.57. The number of fused-ring (bicyclic) bond motifs is 1. The zero-order valence-electron chi connectivity index (χ0n) is 12.3. The van der Waals surface area contributed by atoms with Crippen LogP contribution in [0.3, 0.4) is 0 Å². The summed E-state index contributed by atoms with van der Waals surface area (Å²) in [5.41, 5.74) is 2.34. The third-order valence-electron chi connectivity index (χ3n) is 4.11. The van der Waals surface area contributed by atoms with E-state index in [1.807, 2.05) is 0 Å². The van der Waals surface area contributed by atoms with Gasteiger partial charge in [0.05, 0.1) is 5.52 Å². The van der Waals surface area contributed by atoms with Crippen LogP contribution >= 0.6 is 0 Å². The van der Waals surface area contributed by atoms with E-state index in [-0.39, 0.29) is 0 Å². The Labute approximate surface area is 121 Å². The summed E-state index contributed by atoms with van der Waals surface area (Å²) in [5, 5.41) is 4.93. The SMILES string of the molecule is CCCNC(Cc1ccc2ccccc2n1)CC1CC1. The molecule has 1 saturated carbocycles. The second-order valence-electron chi connectivity index (χ2n) is 6.03. The van der Waals surface area contributed by atoms with Crippen LogP contribution in [0.25, 0.3) is 10.9 Å². The van der Waals surface area contributed by atoms with Crippen molar-refractivity contribution in [3.63, 3.8) is 0 Å². The second-order valence-corrected chi connectivity index (χ2v) is 6.03. The highest BCUT2D eigenvalue weighted by Crippen LogP contribution is 2.34. The first kappa shape index (κ1) is 13.6. The highest BCUT2D eigenvalue weighted by molar-refractivity contribution is 5.78. The number of benzene rings is 1. The number of nitrogens with zero attached hydrogens (tertiary/aromatic N) is 1. The number of hydrogen-bond acceptors (Lipinski definition) is 2. The number of pyridine rings is 1. The Morgan fingerprint density at radius 2 is 2.05 bits per heavy atom. The van der Waals surface area contributed by atoms with Gasteiger partial charge in [-0.1, -0.05) is 44.0 Å². The van der Waals surface area contributed by atoms with Gasteiger partial charge in [0.2, 0.25) is 0 Å². The molecule has 1 aromatic heterocycles. The molecule has 1 fully saturated rings. The molecular weight excluding hydrogens is 244 g/mol. The molecule has 3 rings (SSSR count). The second kappa shape index (κ2) is 6.36. The molecule has 1 heterocycles. The molecule has 2 aromatic rings. The minimum atomic E-state index is 0.594. The Kier molecular flexibility index (Phi) is 4.31. The molecule has 1 unspecified atom stereocenters. The summed E-state index contributed by atoms with van der Waals surface area (Å²) in [5.74, 6) is 0.963. The predicted molar refractivity (Wildman–Crippen MR) is 84.9 cm³/mol. The zero-order chi connectivity index (χ0) is 13.8. The van der Waals surface area contributed by atoms with Crippen LogP contribution in [0.1, 0.15) is 38.3 Å². The fourth-order valence-electron chi connectivity index (χ4n) is 2.82. The first-order chi connectivity index (χ1) is 9.85. The lowest BCUT2D eigenvalue weighted by Gasteiger charge is -2.18. The maximum atomic E-state index is 4.81. The quantitative estimate of drug-likeness (QED) is 0.822. The Morgan fingerprint density at radius 3 is 2.85 bits per heavy atom. The molecular formula is C18H24N2. The summed E-state index contributed by atoms with van der Waals surface area (Å²) in [4.78, 5) is 4.81. The van der Waals surface area contributed by atoms with Gasteiger partial charge in [-0.25, -0.2) is 0 Å². The van der Waals surface area contributed by atoms with E-state index < -0.39 is 0 Å². The monoisotopic (exact) mass is 268 g/mol. The van der Waals surface area contributed by atoms with Gasteiger partial charge in [0.25, 0.3) is 0 Å². The van der Waals surface area contributed by atoms with E-state index in [2.05, 4.69) is 48.6 Å². The molecule has 1 aliphatic carbocycles. The Bertz CT molecular complexity index is 560. The van der Waals surface area contributed by atoms with Crippen LogP contribution in [0.15, 0.2) is 36.4 Å². The van der Waals surface area contributed by atoms with Gasteiger partial charge in [-0.05, 0) is 37.4 Å². The fourth-order valence-corrected chi connectivity index (χ4v) is 2.82. The zero-order valence-corrected chi connectivity index (χ0v) is 12.3. The molecule has 20 heavy (non-hydrogen) atoms. The highest BCUT2D eigenvalue weighted by atomic mass is 14.9. The number of rotatable bonds is 7. The van der Waals surface area contributed by atoms with Gasteiger partial charge in [-0.3, -0.25) is 4.98 Å². The first-order valence-electron chi connectivity index (χ1n) is 7.93. The standard InChI is InChI=1S/C18H24N2/c1-2-11-19-17(12-14-7-8-14)13-16-10-9-15-5-3-4-6-18(15)20-16/h3-6,9-10,14,17,19H,2,7-8,11-13H2,1H3. The van der Waals surface area contributed by atoms with Gasteiger partial charge in [0.1, 0.15) is 0 Å². The molecule has 0 radical (unpaired) electrons. The van der Waals surface area contributed by atoms with Crippen molar-refractivity contribution in [1.29, 1.82) is 0 Å². The van der Waals surface area contributed by atoms with Crippen molar-refractivity contribution < 1.29 is 0 Å². The minimum absolute atomic E-state index is 0.594. The van der Waals surface area contributed by atoms with Crippen molar-refractivity contribution in [3.8, 4) is 0 Å². The lowest BCUT2D eigenvalue weighted by molar-refractivity contribution is 0.452. The van der Waals surface area contributed by atoms with Gasteiger partial charge >= 0.3 is 0 Å². The molecule has 1 aromatic carbocycles. The van der Waals surface area contributed by atoms with Crippen LogP contribution in [0.5, 0.6) is 0 Å². The molecule has 2 nitrogen and oxygen atoms in total. The van der Waals surface area contributed by atoms with E-state index in [9.17, 15) is 0 Å². The van der Waals surface area contributed by atoms with E-state index in [4.69, 9.17) is 4.98 Å². The van der Waals surface area contributed by atoms with E-state index in [0.29, 0.717) is 6.04 Å². The Balaban J connectivity index is 1.70. The van der Waals surface area contributed by atoms with Crippen molar-refractivity contribution in [2.75, 3.05) is 6.54 Å².